The molecule has 0 radical (unpaired) electrons. The minimum absolute atomic E-state index is 0.186. The molecular weight excluding hydrogens is 294 g/mol. The molecule has 1 N–H and O–H groups in total. The molecule has 0 aliphatic carbocycles. The number of aryl methyl sites for hydroxylation is 2. The second-order valence-corrected chi connectivity index (χ2v) is 5.89. The number of hydrogen-bond acceptors (Lipinski definition) is 4. The highest BCUT2D eigenvalue weighted by Crippen LogP contribution is 2.25. The van der Waals surface area contributed by atoms with E-state index in [2.05, 4.69) is 14.9 Å². The van der Waals surface area contributed by atoms with Crippen LogP contribution >= 0.6 is 11.5 Å². The lowest BCUT2D eigenvalue weighted by Crippen LogP contribution is -2.11. The molecule has 0 spiro atoms. The van der Waals surface area contributed by atoms with Crippen molar-refractivity contribution in [1.29, 1.82) is 0 Å². The van der Waals surface area contributed by atoms with E-state index >= 15 is 0 Å². The predicted molar refractivity (Wildman–Crippen MR) is 89.2 cm³/mol. The fourth-order valence-corrected chi connectivity index (χ4v) is 2.65. The lowest BCUT2D eigenvalue weighted by molar-refractivity contribution is 0.103. The summed E-state index contributed by atoms with van der Waals surface area (Å²) < 4.78 is 3.93. The number of anilines is 1. The molecule has 0 saturated heterocycles. The Bertz CT molecular complexity index is 792. The van der Waals surface area contributed by atoms with Gasteiger partial charge in [-0.2, -0.15) is 0 Å². The third-order valence-corrected chi connectivity index (χ3v) is 4.05. The first-order valence-electron chi connectivity index (χ1n) is 6.91. The maximum atomic E-state index is 12.4. The van der Waals surface area contributed by atoms with E-state index < -0.39 is 0 Å². The van der Waals surface area contributed by atoms with Gasteiger partial charge < -0.3 is 5.32 Å². The number of carbonyl (C=O) groups is 1. The molecule has 0 atom stereocenters. The van der Waals surface area contributed by atoms with Gasteiger partial charge in [0.05, 0.1) is 0 Å². The van der Waals surface area contributed by atoms with Crippen LogP contribution in [0.15, 0.2) is 48.5 Å². The topological polar surface area (TPSA) is 54.9 Å². The first kappa shape index (κ1) is 14.4. The molecule has 0 fully saturated rings. The number of carbonyl (C=O) groups excluding carboxylic acids is 1. The number of rotatable bonds is 3. The first-order chi connectivity index (χ1) is 10.6. The molecule has 0 aliphatic rings. The van der Waals surface area contributed by atoms with E-state index in [1.165, 1.54) is 0 Å². The van der Waals surface area contributed by atoms with Gasteiger partial charge >= 0.3 is 0 Å². The zero-order valence-electron chi connectivity index (χ0n) is 12.3. The Morgan fingerprint density at radius 2 is 1.55 bits per heavy atom. The van der Waals surface area contributed by atoms with E-state index in [-0.39, 0.29) is 5.91 Å². The van der Waals surface area contributed by atoms with Gasteiger partial charge in [-0.1, -0.05) is 52.0 Å². The van der Waals surface area contributed by atoms with Gasteiger partial charge in [-0.05, 0) is 37.5 Å². The highest BCUT2D eigenvalue weighted by molar-refractivity contribution is 7.08. The van der Waals surface area contributed by atoms with Gasteiger partial charge in [-0.3, -0.25) is 4.79 Å². The Morgan fingerprint density at radius 3 is 2.18 bits per heavy atom. The van der Waals surface area contributed by atoms with Gasteiger partial charge in [0.2, 0.25) is 0 Å². The van der Waals surface area contributed by atoms with Crippen LogP contribution in [-0.2, 0) is 0 Å². The van der Waals surface area contributed by atoms with Crippen LogP contribution in [0, 0.1) is 13.8 Å². The fraction of sp³-hybridized carbons (Fsp3) is 0.118. The molecule has 1 heterocycles. The van der Waals surface area contributed by atoms with Gasteiger partial charge in [0.25, 0.3) is 5.91 Å². The summed E-state index contributed by atoms with van der Waals surface area (Å²) in [6, 6.07) is 15.6. The third kappa shape index (κ3) is 3.04. The Hall–Kier alpha value is -2.53. The summed E-state index contributed by atoms with van der Waals surface area (Å²) in [4.78, 5) is 13.0. The summed E-state index contributed by atoms with van der Waals surface area (Å²) >= 11 is 1.11. The Balaban J connectivity index is 1.86. The summed E-state index contributed by atoms with van der Waals surface area (Å²) in [5.41, 5.74) is 4.59. The standard InChI is InChI=1S/C17H15N3OS/c1-11-3-7-13(8-4-11)15-16(22-20-19-15)17(21)18-14-9-5-12(2)6-10-14/h3-10H,1-2H3,(H,18,21). The third-order valence-electron chi connectivity index (χ3n) is 3.33. The van der Waals surface area contributed by atoms with Crippen LogP contribution in [0.3, 0.4) is 0 Å². The molecule has 0 unspecified atom stereocenters. The average molecular weight is 309 g/mol. The number of nitrogens with zero attached hydrogens (tertiary/aromatic N) is 2. The van der Waals surface area contributed by atoms with Crippen LogP contribution < -0.4 is 5.32 Å². The van der Waals surface area contributed by atoms with Crippen molar-refractivity contribution < 1.29 is 4.79 Å². The van der Waals surface area contributed by atoms with Crippen LogP contribution in [0.5, 0.6) is 0 Å². The van der Waals surface area contributed by atoms with Crippen LogP contribution in [-0.4, -0.2) is 15.5 Å². The molecule has 110 valence electrons. The number of nitrogens with one attached hydrogen (secondary N) is 1. The summed E-state index contributed by atoms with van der Waals surface area (Å²) in [6.45, 7) is 4.03. The van der Waals surface area contributed by atoms with Crippen molar-refractivity contribution in [2.24, 2.45) is 0 Å². The quantitative estimate of drug-likeness (QED) is 0.793. The summed E-state index contributed by atoms with van der Waals surface area (Å²) in [5.74, 6) is -0.186. The molecule has 0 bridgehead atoms. The maximum absolute atomic E-state index is 12.4. The molecular formula is C17H15N3OS. The van der Waals surface area contributed by atoms with Gasteiger partial charge in [0.1, 0.15) is 10.6 Å². The number of aromatic nitrogens is 2. The van der Waals surface area contributed by atoms with Gasteiger partial charge in [-0.25, -0.2) is 0 Å². The van der Waals surface area contributed by atoms with E-state index in [1.807, 2.05) is 62.4 Å². The smallest absolute Gasteiger partial charge is 0.269 e. The molecule has 0 aliphatic heterocycles. The highest BCUT2D eigenvalue weighted by Gasteiger charge is 2.17. The molecule has 22 heavy (non-hydrogen) atoms. The van der Waals surface area contributed by atoms with Crippen molar-refractivity contribution in [1.82, 2.24) is 9.59 Å². The number of hydrogen-bond donors (Lipinski definition) is 1. The highest BCUT2D eigenvalue weighted by atomic mass is 32.1. The second-order valence-electron chi connectivity index (χ2n) is 5.14. The van der Waals surface area contributed by atoms with E-state index in [0.29, 0.717) is 10.6 Å². The lowest BCUT2D eigenvalue weighted by atomic mass is 10.1. The van der Waals surface area contributed by atoms with Crippen molar-refractivity contribution in [3.8, 4) is 11.3 Å². The zero-order chi connectivity index (χ0) is 15.5. The van der Waals surface area contributed by atoms with Gasteiger partial charge in [0.15, 0.2) is 0 Å². The monoisotopic (exact) mass is 309 g/mol. The summed E-state index contributed by atoms with van der Waals surface area (Å²) in [6.07, 6.45) is 0. The Kier molecular flexibility index (Phi) is 3.98. The molecule has 1 amide bonds. The minimum atomic E-state index is -0.186. The van der Waals surface area contributed by atoms with Gasteiger partial charge in [0, 0.05) is 11.3 Å². The molecule has 1 aromatic heterocycles. The molecule has 5 heteroatoms. The molecule has 3 aromatic rings. The zero-order valence-corrected chi connectivity index (χ0v) is 13.1. The van der Waals surface area contributed by atoms with Crippen molar-refractivity contribution >= 4 is 23.1 Å². The molecule has 3 rings (SSSR count). The van der Waals surface area contributed by atoms with E-state index in [0.717, 1.165) is 33.9 Å². The second kappa shape index (κ2) is 6.07. The minimum Gasteiger partial charge on any atom is -0.321 e. The van der Waals surface area contributed by atoms with Crippen molar-refractivity contribution in [3.05, 3.63) is 64.5 Å². The van der Waals surface area contributed by atoms with Crippen LogP contribution in [0.25, 0.3) is 11.3 Å². The largest absolute Gasteiger partial charge is 0.321 e. The van der Waals surface area contributed by atoms with E-state index in [4.69, 9.17) is 0 Å². The average Bonchev–Trinajstić information content (AvgIpc) is 3.00. The maximum Gasteiger partial charge on any atom is 0.269 e. The van der Waals surface area contributed by atoms with Crippen LogP contribution in [0.4, 0.5) is 5.69 Å². The number of amides is 1. The predicted octanol–water partition coefficient (Wildman–Crippen LogP) is 4.07. The van der Waals surface area contributed by atoms with Crippen molar-refractivity contribution in [3.63, 3.8) is 0 Å². The lowest BCUT2D eigenvalue weighted by Gasteiger charge is -2.05. The van der Waals surface area contributed by atoms with E-state index in [9.17, 15) is 4.79 Å². The van der Waals surface area contributed by atoms with Crippen molar-refractivity contribution in [2.75, 3.05) is 5.32 Å². The number of benzene rings is 2. The molecule has 4 nitrogen and oxygen atoms in total. The van der Waals surface area contributed by atoms with Gasteiger partial charge in [-0.15, -0.1) is 5.10 Å². The van der Waals surface area contributed by atoms with E-state index in [1.54, 1.807) is 0 Å². The van der Waals surface area contributed by atoms with Crippen LogP contribution in [0.2, 0.25) is 0 Å². The van der Waals surface area contributed by atoms with Crippen molar-refractivity contribution in [2.45, 2.75) is 13.8 Å². The molecule has 0 saturated carbocycles. The first-order valence-corrected chi connectivity index (χ1v) is 7.68. The fourth-order valence-electron chi connectivity index (χ4n) is 2.06. The molecule has 2 aromatic carbocycles. The SMILES string of the molecule is Cc1ccc(NC(=O)c2snnc2-c2ccc(C)cc2)cc1. The Morgan fingerprint density at radius 1 is 0.955 bits per heavy atom. The Labute approximate surface area is 133 Å². The normalized spacial score (nSPS) is 10.5. The van der Waals surface area contributed by atoms with Crippen LogP contribution in [0.1, 0.15) is 20.8 Å². The summed E-state index contributed by atoms with van der Waals surface area (Å²) in [7, 11) is 0. The summed E-state index contributed by atoms with van der Waals surface area (Å²) in [5, 5.41) is 6.99.